The third kappa shape index (κ3) is 3.25. The molecule has 5 heteroatoms. The highest BCUT2D eigenvalue weighted by molar-refractivity contribution is 6.04. The molecule has 0 N–H and O–H groups in total. The van der Waals surface area contributed by atoms with E-state index in [9.17, 15) is 4.79 Å². The van der Waals surface area contributed by atoms with Gasteiger partial charge in [-0.25, -0.2) is 0 Å². The molecular weight excluding hydrogens is 306 g/mol. The van der Waals surface area contributed by atoms with Crippen LogP contribution >= 0.6 is 0 Å². The summed E-state index contributed by atoms with van der Waals surface area (Å²) in [7, 11) is 0. The Labute approximate surface area is 143 Å². The smallest absolute Gasteiger partial charge is 0.318 e. The van der Waals surface area contributed by atoms with Gasteiger partial charge in [0.15, 0.2) is 0 Å². The van der Waals surface area contributed by atoms with Gasteiger partial charge in [-0.15, -0.1) is 0 Å². The number of carbonyl (C=O) groups is 1. The maximum Gasteiger partial charge on any atom is 0.318 e. The second-order valence-corrected chi connectivity index (χ2v) is 6.58. The third-order valence-electron chi connectivity index (χ3n) is 4.91. The van der Waals surface area contributed by atoms with Crippen molar-refractivity contribution < 1.29 is 19.1 Å². The number of rotatable bonds is 6. The molecule has 1 aromatic rings. The van der Waals surface area contributed by atoms with Crippen LogP contribution in [0.15, 0.2) is 23.4 Å². The first kappa shape index (κ1) is 16.8. The van der Waals surface area contributed by atoms with Crippen molar-refractivity contribution >= 4 is 11.7 Å². The zero-order valence-electron chi connectivity index (χ0n) is 14.6. The number of oxime groups is 1. The maximum absolute atomic E-state index is 12.4. The average Bonchev–Trinajstić information content (AvgIpc) is 2.89. The number of aryl methyl sites for hydroxylation is 2. The van der Waals surface area contributed by atoms with E-state index >= 15 is 0 Å². The Morgan fingerprint density at radius 1 is 1.29 bits per heavy atom. The van der Waals surface area contributed by atoms with Crippen molar-refractivity contribution in [2.75, 3.05) is 13.2 Å². The number of hydrogen-bond donors (Lipinski definition) is 0. The van der Waals surface area contributed by atoms with Crippen LogP contribution in [-0.2, 0) is 14.4 Å². The lowest BCUT2D eigenvalue weighted by atomic mass is 9.75. The van der Waals surface area contributed by atoms with Crippen molar-refractivity contribution in [3.63, 3.8) is 0 Å². The molecule has 0 radical (unpaired) electrons. The van der Waals surface area contributed by atoms with Crippen LogP contribution in [0.3, 0.4) is 0 Å². The van der Waals surface area contributed by atoms with Gasteiger partial charge in [0.2, 0.25) is 0 Å². The van der Waals surface area contributed by atoms with Crippen molar-refractivity contribution in [3.05, 3.63) is 29.3 Å². The standard InChI is InChI=1S/C19H25NO4/c1-4-22-19(21)16-15(20-24-18(16)14-9-6-10-14)11-23-17-12(2)7-5-8-13(17)3/h5,7-8,14,16,18H,4,6,9-11H2,1-3H3. The van der Waals surface area contributed by atoms with Gasteiger partial charge in [0.1, 0.15) is 30.1 Å². The van der Waals surface area contributed by atoms with Crippen LogP contribution in [0.4, 0.5) is 0 Å². The lowest BCUT2D eigenvalue weighted by molar-refractivity contribution is -0.150. The third-order valence-corrected chi connectivity index (χ3v) is 4.91. The Kier molecular flexibility index (Phi) is 5.07. The highest BCUT2D eigenvalue weighted by Gasteiger charge is 2.46. The quantitative estimate of drug-likeness (QED) is 0.750. The SMILES string of the molecule is CCOC(=O)C1C(COc2c(C)cccc2C)=NOC1C1CCC1. The number of para-hydroxylation sites is 1. The Morgan fingerprint density at radius 3 is 2.58 bits per heavy atom. The van der Waals surface area contributed by atoms with Crippen LogP contribution in [0, 0.1) is 25.7 Å². The minimum absolute atomic E-state index is 0.200. The predicted molar refractivity (Wildman–Crippen MR) is 91.2 cm³/mol. The normalized spacial score (nSPS) is 23.2. The summed E-state index contributed by atoms with van der Waals surface area (Å²) in [5, 5.41) is 4.17. The van der Waals surface area contributed by atoms with E-state index in [1.807, 2.05) is 39.0 Å². The van der Waals surface area contributed by atoms with Crippen molar-refractivity contribution in [2.45, 2.75) is 46.1 Å². The van der Waals surface area contributed by atoms with Crippen LogP contribution in [0.1, 0.15) is 37.3 Å². The van der Waals surface area contributed by atoms with Gasteiger partial charge in [-0.05, 0) is 50.7 Å². The zero-order chi connectivity index (χ0) is 17.1. The fourth-order valence-corrected chi connectivity index (χ4v) is 3.35. The first-order valence-electron chi connectivity index (χ1n) is 8.70. The monoisotopic (exact) mass is 331 g/mol. The number of hydrogen-bond acceptors (Lipinski definition) is 5. The summed E-state index contributed by atoms with van der Waals surface area (Å²) >= 11 is 0. The molecule has 1 saturated carbocycles. The number of carbonyl (C=O) groups excluding carboxylic acids is 1. The van der Waals surface area contributed by atoms with Gasteiger partial charge in [0.05, 0.1) is 6.61 Å². The molecule has 0 aromatic heterocycles. The van der Waals surface area contributed by atoms with Crippen LogP contribution in [-0.4, -0.2) is 31.0 Å². The van der Waals surface area contributed by atoms with E-state index in [1.54, 1.807) is 0 Å². The molecule has 1 aliphatic heterocycles. The van der Waals surface area contributed by atoms with Crippen molar-refractivity contribution in [3.8, 4) is 5.75 Å². The summed E-state index contributed by atoms with van der Waals surface area (Å²) in [6.07, 6.45) is 3.16. The zero-order valence-corrected chi connectivity index (χ0v) is 14.6. The lowest BCUT2D eigenvalue weighted by Crippen LogP contribution is -2.41. The molecule has 3 rings (SSSR count). The van der Waals surface area contributed by atoms with Gasteiger partial charge in [-0.1, -0.05) is 29.8 Å². The summed E-state index contributed by atoms with van der Waals surface area (Å²) in [5.41, 5.74) is 2.77. The summed E-state index contributed by atoms with van der Waals surface area (Å²) in [6.45, 7) is 6.44. The molecule has 1 aromatic carbocycles. The molecule has 1 fully saturated rings. The maximum atomic E-state index is 12.4. The molecule has 0 saturated heterocycles. The summed E-state index contributed by atoms with van der Waals surface area (Å²) in [4.78, 5) is 18.0. The number of ether oxygens (including phenoxy) is 2. The Bertz CT molecular complexity index is 616. The molecule has 130 valence electrons. The van der Waals surface area contributed by atoms with E-state index in [0.717, 1.165) is 29.7 Å². The largest absolute Gasteiger partial charge is 0.487 e. The van der Waals surface area contributed by atoms with Gasteiger partial charge >= 0.3 is 5.97 Å². The van der Waals surface area contributed by atoms with Crippen LogP contribution in [0.25, 0.3) is 0 Å². The van der Waals surface area contributed by atoms with Crippen molar-refractivity contribution in [2.24, 2.45) is 17.0 Å². The van der Waals surface area contributed by atoms with Gasteiger partial charge in [0.25, 0.3) is 0 Å². The Hall–Kier alpha value is -2.04. The highest BCUT2D eigenvalue weighted by Crippen LogP contribution is 2.38. The van der Waals surface area contributed by atoms with Crippen molar-refractivity contribution in [1.29, 1.82) is 0 Å². The number of esters is 1. The first-order chi connectivity index (χ1) is 11.6. The number of benzene rings is 1. The van der Waals surface area contributed by atoms with Gasteiger partial charge < -0.3 is 14.3 Å². The lowest BCUT2D eigenvalue weighted by Gasteiger charge is -2.32. The highest BCUT2D eigenvalue weighted by atomic mass is 16.7. The van der Waals surface area contributed by atoms with E-state index in [-0.39, 0.29) is 18.7 Å². The predicted octanol–water partition coefficient (Wildman–Crippen LogP) is 3.42. The Morgan fingerprint density at radius 2 is 2.00 bits per heavy atom. The molecule has 0 spiro atoms. The Balaban J connectivity index is 1.72. The first-order valence-corrected chi connectivity index (χ1v) is 8.70. The molecule has 1 heterocycles. The van der Waals surface area contributed by atoms with E-state index in [0.29, 0.717) is 18.2 Å². The molecule has 2 aliphatic rings. The molecule has 1 aliphatic carbocycles. The van der Waals surface area contributed by atoms with E-state index in [1.165, 1.54) is 6.42 Å². The summed E-state index contributed by atoms with van der Waals surface area (Å²) in [6, 6.07) is 6.02. The molecule has 0 amide bonds. The minimum Gasteiger partial charge on any atom is -0.487 e. The summed E-state index contributed by atoms with van der Waals surface area (Å²) < 4.78 is 11.2. The fourth-order valence-electron chi connectivity index (χ4n) is 3.35. The minimum atomic E-state index is -0.445. The van der Waals surface area contributed by atoms with Crippen molar-refractivity contribution in [1.82, 2.24) is 0 Å². The molecular formula is C19H25NO4. The summed E-state index contributed by atoms with van der Waals surface area (Å²) in [5.74, 6) is 0.533. The van der Waals surface area contributed by atoms with E-state index in [4.69, 9.17) is 14.3 Å². The number of nitrogens with zero attached hydrogens (tertiary/aromatic N) is 1. The van der Waals surface area contributed by atoms with E-state index in [2.05, 4.69) is 5.16 Å². The van der Waals surface area contributed by atoms with Crippen LogP contribution in [0.5, 0.6) is 5.75 Å². The van der Waals surface area contributed by atoms with E-state index < -0.39 is 5.92 Å². The average molecular weight is 331 g/mol. The topological polar surface area (TPSA) is 57.1 Å². The fraction of sp³-hybridized carbons (Fsp3) is 0.579. The second-order valence-electron chi connectivity index (χ2n) is 6.58. The molecule has 0 bridgehead atoms. The molecule has 24 heavy (non-hydrogen) atoms. The van der Waals surface area contributed by atoms with Gasteiger partial charge in [-0.2, -0.15) is 0 Å². The van der Waals surface area contributed by atoms with Crippen LogP contribution < -0.4 is 4.74 Å². The van der Waals surface area contributed by atoms with Gasteiger partial charge in [-0.3, -0.25) is 4.79 Å². The second kappa shape index (κ2) is 7.24. The van der Waals surface area contributed by atoms with Crippen LogP contribution in [0.2, 0.25) is 0 Å². The molecule has 2 atom stereocenters. The van der Waals surface area contributed by atoms with Gasteiger partial charge in [0, 0.05) is 0 Å². The molecule has 5 nitrogen and oxygen atoms in total. The molecule has 2 unspecified atom stereocenters.